The van der Waals surface area contributed by atoms with E-state index in [1.165, 1.54) is 0 Å². The van der Waals surface area contributed by atoms with Gasteiger partial charge in [-0.3, -0.25) is 0 Å². The highest BCUT2D eigenvalue weighted by atomic mass is 15.1. The summed E-state index contributed by atoms with van der Waals surface area (Å²) in [6.07, 6.45) is 3.47. The lowest BCUT2D eigenvalue weighted by molar-refractivity contribution is 0.947. The Morgan fingerprint density at radius 2 is 1.89 bits per heavy atom. The zero-order valence-electron chi connectivity index (χ0n) is 10.5. The number of hydrogen-bond acceptors (Lipinski definition) is 6. The van der Waals surface area contributed by atoms with E-state index in [2.05, 4.69) is 30.6 Å². The second-order valence-electron chi connectivity index (χ2n) is 3.74. The van der Waals surface area contributed by atoms with E-state index in [9.17, 15) is 0 Å². The van der Waals surface area contributed by atoms with E-state index in [4.69, 9.17) is 0 Å². The molecular formula is C12H16N6. The highest BCUT2D eigenvalue weighted by Crippen LogP contribution is 2.07. The maximum absolute atomic E-state index is 4.32. The molecule has 6 heteroatoms. The van der Waals surface area contributed by atoms with Gasteiger partial charge in [-0.05, 0) is 26.0 Å². The topological polar surface area (TPSA) is 75.6 Å². The van der Waals surface area contributed by atoms with Crippen molar-refractivity contribution in [3.05, 3.63) is 36.0 Å². The number of nitrogens with zero attached hydrogens (tertiary/aromatic N) is 4. The van der Waals surface area contributed by atoms with Crippen LogP contribution in [0.2, 0.25) is 0 Å². The largest absolute Gasteiger partial charge is 0.364 e. The highest BCUT2D eigenvalue weighted by molar-refractivity contribution is 5.39. The fraction of sp³-hybridized carbons (Fsp3) is 0.333. The van der Waals surface area contributed by atoms with Crippen LogP contribution in [0.3, 0.4) is 0 Å². The Morgan fingerprint density at radius 3 is 2.67 bits per heavy atom. The lowest BCUT2D eigenvalue weighted by Gasteiger charge is -2.07. The standard InChI is InChI=1S/C12H16N6/c1-3-13-12-15-7-5-11(18-12)16-8-10-4-6-14-9(2)17-10/h4-7H,3,8H2,1-2H3,(H2,13,15,16,18). The average molecular weight is 244 g/mol. The first-order valence-electron chi connectivity index (χ1n) is 5.87. The Labute approximate surface area is 106 Å². The molecule has 0 aromatic carbocycles. The third-order valence-corrected chi connectivity index (χ3v) is 2.27. The molecule has 0 radical (unpaired) electrons. The first kappa shape index (κ1) is 12.2. The molecule has 0 atom stereocenters. The van der Waals surface area contributed by atoms with Gasteiger partial charge >= 0.3 is 0 Å². The van der Waals surface area contributed by atoms with E-state index < -0.39 is 0 Å². The molecule has 0 unspecified atom stereocenters. The molecule has 0 aliphatic heterocycles. The van der Waals surface area contributed by atoms with Crippen molar-refractivity contribution in [2.45, 2.75) is 20.4 Å². The van der Waals surface area contributed by atoms with E-state index in [-0.39, 0.29) is 0 Å². The van der Waals surface area contributed by atoms with Crippen molar-refractivity contribution in [2.24, 2.45) is 0 Å². The second kappa shape index (κ2) is 5.90. The van der Waals surface area contributed by atoms with E-state index in [1.54, 1.807) is 12.4 Å². The summed E-state index contributed by atoms with van der Waals surface area (Å²) >= 11 is 0. The molecule has 0 bridgehead atoms. The molecule has 0 aliphatic carbocycles. The van der Waals surface area contributed by atoms with Crippen LogP contribution in [-0.2, 0) is 6.54 Å². The van der Waals surface area contributed by atoms with Crippen LogP contribution in [0.15, 0.2) is 24.5 Å². The van der Waals surface area contributed by atoms with Gasteiger partial charge in [0.1, 0.15) is 11.6 Å². The Balaban J connectivity index is 1.99. The highest BCUT2D eigenvalue weighted by Gasteiger charge is 1.99. The van der Waals surface area contributed by atoms with Crippen molar-refractivity contribution >= 4 is 11.8 Å². The molecule has 0 spiro atoms. The summed E-state index contributed by atoms with van der Waals surface area (Å²) in [5.41, 5.74) is 0.936. The zero-order chi connectivity index (χ0) is 12.8. The summed E-state index contributed by atoms with van der Waals surface area (Å²) in [6, 6.07) is 3.71. The third-order valence-electron chi connectivity index (χ3n) is 2.27. The lowest BCUT2D eigenvalue weighted by Crippen LogP contribution is -2.07. The van der Waals surface area contributed by atoms with Crippen molar-refractivity contribution < 1.29 is 0 Å². The maximum atomic E-state index is 4.32. The summed E-state index contributed by atoms with van der Waals surface area (Å²) in [5.74, 6) is 2.17. The van der Waals surface area contributed by atoms with Crippen molar-refractivity contribution in [3.63, 3.8) is 0 Å². The Bertz CT molecular complexity index is 513. The first-order chi connectivity index (χ1) is 8.78. The van der Waals surface area contributed by atoms with E-state index in [1.807, 2.05) is 26.0 Å². The number of rotatable bonds is 5. The minimum absolute atomic E-state index is 0.617. The van der Waals surface area contributed by atoms with Gasteiger partial charge < -0.3 is 10.6 Å². The first-order valence-corrected chi connectivity index (χ1v) is 5.87. The molecule has 0 aliphatic rings. The normalized spacial score (nSPS) is 10.1. The molecule has 2 N–H and O–H groups in total. The van der Waals surface area contributed by atoms with E-state index in [0.717, 1.165) is 23.9 Å². The molecule has 6 nitrogen and oxygen atoms in total. The van der Waals surface area contributed by atoms with Gasteiger partial charge in [0, 0.05) is 18.9 Å². The second-order valence-corrected chi connectivity index (χ2v) is 3.74. The summed E-state index contributed by atoms with van der Waals surface area (Å²) in [4.78, 5) is 16.8. The van der Waals surface area contributed by atoms with Crippen LogP contribution in [0.1, 0.15) is 18.4 Å². The molecule has 94 valence electrons. The Hall–Kier alpha value is -2.24. The van der Waals surface area contributed by atoms with Crippen molar-refractivity contribution in [1.82, 2.24) is 19.9 Å². The monoisotopic (exact) mass is 244 g/mol. The number of aromatic nitrogens is 4. The molecule has 0 saturated carbocycles. The molecule has 0 fully saturated rings. The predicted molar refractivity (Wildman–Crippen MR) is 70.3 cm³/mol. The molecule has 2 rings (SSSR count). The van der Waals surface area contributed by atoms with Gasteiger partial charge in [0.15, 0.2) is 0 Å². The number of aryl methyl sites for hydroxylation is 1. The Morgan fingerprint density at radius 1 is 1.06 bits per heavy atom. The molecule has 0 amide bonds. The van der Waals surface area contributed by atoms with Crippen LogP contribution in [0, 0.1) is 6.92 Å². The van der Waals surface area contributed by atoms with Gasteiger partial charge in [-0.25, -0.2) is 15.0 Å². The van der Waals surface area contributed by atoms with Gasteiger partial charge in [0.2, 0.25) is 5.95 Å². The van der Waals surface area contributed by atoms with Crippen LogP contribution in [0.25, 0.3) is 0 Å². The fourth-order valence-corrected chi connectivity index (χ4v) is 1.49. The van der Waals surface area contributed by atoms with Gasteiger partial charge in [-0.15, -0.1) is 0 Å². The molecule has 18 heavy (non-hydrogen) atoms. The van der Waals surface area contributed by atoms with Crippen LogP contribution in [0.4, 0.5) is 11.8 Å². The predicted octanol–water partition coefficient (Wildman–Crippen LogP) is 1.62. The van der Waals surface area contributed by atoms with Crippen molar-refractivity contribution in [3.8, 4) is 0 Å². The van der Waals surface area contributed by atoms with Crippen LogP contribution in [0.5, 0.6) is 0 Å². The minimum Gasteiger partial charge on any atom is -0.364 e. The molecule has 2 heterocycles. The van der Waals surface area contributed by atoms with Crippen LogP contribution in [-0.4, -0.2) is 26.5 Å². The SMILES string of the molecule is CCNc1nccc(NCc2ccnc(C)n2)n1. The van der Waals surface area contributed by atoms with Gasteiger partial charge in [-0.2, -0.15) is 4.98 Å². The van der Waals surface area contributed by atoms with Gasteiger partial charge in [-0.1, -0.05) is 0 Å². The summed E-state index contributed by atoms with van der Waals surface area (Å²) < 4.78 is 0. The summed E-state index contributed by atoms with van der Waals surface area (Å²) in [7, 11) is 0. The zero-order valence-corrected chi connectivity index (χ0v) is 10.5. The maximum Gasteiger partial charge on any atom is 0.224 e. The summed E-state index contributed by atoms with van der Waals surface area (Å²) in [5, 5.41) is 6.27. The van der Waals surface area contributed by atoms with E-state index in [0.29, 0.717) is 12.5 Å². The van der Waals surface area contributed by atoms with Crippen molar-refractivity contribution in [2.75, 3.05) is 17.2 Å². The quantitative estimate of drug-likeness (QED) is 0.832. The van der Waals surface area contributed by atoms with E-state index >= 15 is 0 Å². The Kier molecular flexibility index (Phi) is 4.01. The molecule has 0 saturated heterocycles. The molecule has 2 aromatic rings. The minimum atomic E-state index is 0.617. The van der Waals surface area contributed by atoms with Gasteiger partial charge in [0.05, 0.1) is 12.2 Å². The number of hydrogen-bond donors (Lipinski definition) is 2. The molecule has 2 aromatic heterocycles. The number of anilines is 2. The molecular weight excluding hydrogens is 228 g/mol. The van der Waals surface area contributed by atoms with Crippen LogP contribution < -0.4 is 10.6 Å². The third kappa shape index (κ3) is 3.38. The summed E-state index contributed by atoms with van der Waals surface area (Å²) in [6.45, 7) is 5.30. The lowest BCUT2D eigenvalue weighted by atomic mass is 10.4. The van der Waals surface area contributed by atoms with Gasteiger partial charge in [0.25, 0.3) is 0 Å². The fourth-order valence-electron chi connectivity index (χ4n) is 1.49. The average Bonchev–Trinajstić information content (AvgIpc) is 2.37. The van der Waals surface area contributed by atoms with Crippen LogP contribution >= 0.6 is 0 Å². The number of nitrogens with one attached hydrogen (secondary N) is 2. The smallest absolute Gasteiger partial charge is 0.224 e. The van der Waals surface area contributed by atoms with Crippen molar-refractivity contribution in [1.29, 1.82) is 0 Å².